The van der Waals surface area contributed by atoms with Crippen molar-refractivity contribution in [3.63, 3.8) is 0 Å². The molecular formula is C11H15N3S2. The number of hydrogen-bond acceptors (Lipinski definition) is 5. The zero-order valence-corrected chi connectivity index (χ0v) is 11.1. The van der Waals surface area contributed by atoms with Gasteiger partial charge in [-0.2, -0.15) is 11.3 Å². The van der Waals surface area contributed by atoms with E-state index in [-0.39, 0.29) is 0 Å². The molecule has 0 aliphatic rings. The monoisotopic (exact) mass is 253 g/mol. The minimum Gasteiger partial charge on any atom is -0.308 e. The standard InChI is InChI=1S/C11H15N3S2/c1-3-12-8(2)11-14-13-10(16-11)6-9-4-5-15-7-9/h4-5,7-8,12H,3,6H2,1-2H3. The van der Waals surface area contributed by atoms with Gasteiger partial charge in [0, 0.05) is 6.42 Å². The van der Waals surface area contributed by atoms with Crippen molar-refractivity contribution in [3.05, 3.63) is 32.4 Å². The van der Waals surface area contributed by atoms with Gasteiger partial charge in [-0.15, -0.1) is 10.2 Å². The topological polar surface area (TPSA) is 37.8 Å². The van der Waals surface area contributed by atoms with Crippen molar-refractivity contribution in [2.45, 2.75) is 26.3 Å². The average molecular weight is 253 g/mol. The Bertz CT molecular complexity index is 422. The number of rotatable bonds is 5. The van der Waals surface area contributed by atoms with Crippen LogP contribution in [0.5, 0.6) is 0 Å². The second-order valence-corrected chi connectivity index (χ2v) is 5.50. The highest BCUT2D eigenvalue weighted by atomic mass is 32.1. The SMILES string of the molecule is CCNC(C)c1nnc(Cc2ccsc2)s1. The summed E-state index contributed by atoms with van der Waals surface area (Å²) in [6.07, 6.45) is 0.903. The van der Waals surface area contributed by atoms with Crippen molar-refractivity contribution in [1.29, 1.82) is 0 Å². The quantitative estimate of drug-likeness (QED) is 0.890. The molecule has 0 bridgehead atoms. The molecule has 0 radical (unpaired) electrons. The summed E-state index contributed by atoms with van der Waals surface area (Å²) in [4.78, 5) is 0. The summed E-state index contributed by atoms with van der Waals surface area (Å²) < 4.78 is 0. The van der Waals surface area contributed by atoms with E-state index in [2.05, 4.69) is 46.2 Å². The fourth-order valence-corrected chi connectivity index (χ4v) is 3.05. The predicted octanol–water partition coefficient (Wildman–Crippen LogP) is 2.86. The van der Waals surface area contributed by atoms with Gasteiger partial charge in [0.1, 0.15) is 10.0 Å². The van der Waals surface area contributed by atoms with Crippen LogP contribution in [0.1, 0.15) is 35.5 Å². The first-order valence-electron chi connectivity index (χ1n) is 5.36. The van der Waals surface area contributed by atoms with Gasteiger partial charge in [0.25, 0.3) is 0 Å². The van der Waals surface area contributed by atoms with Crippen LogP contribution in [0.2, 0.25) is 0 Å². The highest BCUT2D eigenvalue weighted by Gasteiger charge is 2.11. The summed E-state index contributed by atoms with van der Waals surface area (Å²) in [6, 6.07) is 2.44. The molecule has 5 heteroatoms. The molecule has 0 spiro atoms. The molecule has 2 heterocycles. The van der Waals surface area contributed by atoms with Crippen LogP contribution in [0.25, 0.3) is 0 Å². The Morgan fingerprint density at radius 2 is 2.31 bits per heavy atom. The predicted molar refractivity (Wildman–Crippen MR) is 69.1 cm³/mol. The lowest BCUT2D eigenvalue weighted by molar-refractivity contribution is 0.589. The van der Waals surface area contributed by atoms with Crippen LogP contribution in [0, 0.1) is 0 Å². The maximum Gasteiger partial charge on any atom is 0.134 e. The van der Waals surface area contributed by atoms with Gasteiger partial charge in [-0.05, 0) is 35.9 Å². The Kier molecular flexibility index (Phi) is 4.04. The number of nitrogens with one attached hydrogen (secondary N) is 1. The molecule has 1 N–H and O–H groups in total. The molecule has 2 aromatic rings. The van der Waals surface area contributed by atoms with E-state index in [9.17, 15) is 0 Å². The minimum atomic E-state index is 0.304. The zero-order chi connectivity index (χ0) is 11.4. The Morgan fingerprint density at radius 3 is 3.00 bits per heavy atom. The molecule has 3 nitrogen and oxygen atoms in total. The smallest absolute Gasteiger partial charge is 0.134 e. The van der Waals surface area contributed by atoms with Crippen molar-refractivity contribution < 1.29 is 0 Å². The summed E-state index contributed by atoms with van der Waals surface area (Å²) in [5.41, 5.74) is 1.32. The van der Waals surface area contributed by atoms with Crippen LogP contribution >= 0.6 is 22.7 Å². The number of thiophene rings is 1. The fraction of sp³-hybridized carbons (Fsp3) is 0.455. The van der Waals surface area contributed by atoms with Crippen LogP contribution in [0.4, 0.5) is 0 Å². The molecule has 1 atom stereocenters. The van der Waals surface area contributed by atoms with Crippen LogP contribution in [0.15, 0.2) is 16.8 Å². The van der Waals surface area contributed by atoms with E-state index in [1.165, 1.54) is 5.56 Å². The third-order valence-electron chi connectivity index (χ3n) is 2.30. The van der Waals surface area contributed by atoms with E-state index < -0.39 is 0 Å². The summed E-state index contributed by atoms with van der Waals surface area (Å²) in [6.45, 7) is 5.18. The molecule has 86 valence electrons. The lowest BCUT2D eigenvalue weighted by Crippen LogP contribution is -2.17. The first-order valence-corrected chi connectivity index (χ1v) is 7.12. The van der Waals surface area contributed by atoms with Gasteiger partial charge in [-0.1, -0.05) is 18.3 Å². The number of hydrogen-bond donors (Lipinski definition) is 1. The fourth-order valence-electron chi connectivity index (χ4n) is 1.47. The van der Waals surface area contributed by atoms with Gasteiger partial charge < -0.3 is 5.32 Å². The highest BCUT2D eigenvalue weighted by molar-refractivity contribution is 7.11. The van der Waals surface area contributed by atoms with Crippen molar-refractivity contribution in [1.82, 2.24) is 15.5 Å². The molecule has 16 heavy (non-hydrogen) atoms. The van der Waals surface area contributed by atoms with Gasteiger partial charge in [-0.25, -0.2) is 0 Å². The second-order valence-electron chi connectivity index (χ2n) is 3.62. The Hall–Kier alpha value is -0.780. The molecule has 0 fully saturated rings. The van der Waals surface area contributed by atoms with Gasteiger partial charge in [0.05, 0.1) is 6.04 Å². The Morgan fingerprint density at radius 1 is 1.44 bits per heavy atom. The van der Waals surface area contributed by atoms with Crippen LogP contribution < -0.4 is 5.32 Å². The molecule has 0 amide bonds. The summed E-state index contributed by atoms with van der Waals surface area (Å²) in [7, 11) is 0. The van der Waals surface area contributed by atoms with Crippen molar-refractivity contribution in [3.8, 4) is 0 Å². The van der Waals surface area contributed by atoms with E-state index in [4.69, 9.17) is 0 Å². The van der Waals surface area contributed by atoms with E-state index in [1.807, 2.05) is 0 Å². The van der Waals surface area contributed by atoms with E-state index in [0.717, 1.165) is 23.0 Å². The first-order chi connectivity index (χ1) is 7.79. The van der Waals surface area contributed by atoms with E-state index in [0.29, 0.717) is 6.04 Å². The van der Waals surface area contributed by atoms with Crippen LogP contribution in [0.3, 0.4) is 0 Å². The molecule has 0 aliphatic heterocycles. The summed E-state index contributed by atoms with van der Waals surface area (Å²) >= 11 is 3.42. The third kappa shape index (κ3) is 2.87. The van der Waals surface area contributed by atoms with Crippen molar-refractivity contribution in [2.24, 2.45) is 0 Å². The maximum atomic E-state index is 4.23. The van der Waals surface area contributed by atoms with Gasteiger partial charge in [0.2, 0.25) is 0 Å². The Labute approximate surface area is 104 Å². The lowest BCUT2D eigenvalue weighted by Gasteiger charge is -2.06. The van der Waals surface area contributed by atoms with E-state index >= 15 is 0 Å². The van der Waals surface area contributed by atoms with Crippen molar-refractivity contribution in [2.75, 3.05) is 6.54 Å². The average Bonchev–Trinajstić information content (AvgIpc) is 2.90. The Balaban J connectivity index is 2.02. The summed E-state index contributed by atoms with van der Waals surface area (Å²) in [5.74, 6) is 0. The van der Waals surface area contributed by atoms with Gasteiger partial charge in [-0.3, -0.25) is 0 Å². The number of aromatic nitrogens is 2. The van der Waals surface area contributed by atoms with Crippen molar-refractivity contribution >= 4 is 22.7 Å². The largest absolute Gasteiger partial charge is 0.308 e. The van der Waals surface area contributed by atoms with Gasteiger partial charge >= 0.3 is 0 Å². The lowest BCUT2D eigenvalue weighted by atomic mass is 10.3. The molecule has 2 rings (SSSR count). The molecule has 0 saturated heterocycles. The first kappa shape index (κ1) is 11.7. The van der Waals surface area contributed by atoms with E-state index in [1.54, 1.807) is 22.7 Å². The van der Waals surface area contributed by atoms with Gasteiger partial charge in [0.15, 0.2) is 0 Å². The third-order valence-corrected chi connectivity index (χ3v) is 4.14. The highest BCUT2D eigenvalue weighted by Crippen LogP contribution is 2.20. The molecular weight excluding hydrogens is 238 g/mol. The maximum absolute atomic E-state index is 4.23. The molecule has 0 saturated carbocycles. The van der Waals surface area contributed by atoms with Crippen LogP contribution in [-0.4, -0.2) is 16.7 Å². The molecule has 0 aliphatic carbocycles. The van der Waals surface area contributed by atoms with Crippen LogP contribution in [-0.2, 0) is 6.42 Å². The zero-order valence-electron chi connectivity index (χ0n) is 9.43. The minimum absolute atomic E-state index is 0.304. The second kappa shape index (κ2) is 5.52. The molecule has 1 unspecified atom stereocenters. The normalized spacial score (nSPS) is 12.9. The summed E-state index contributed by atoms with van der Waals surface area (Å²) in [5, 5.41) is 18.2. The molecule has 0 aromatic carbocycles. The molecule has 2 aromatic heterocycles. The number of nitrogens with zero attached hydrogens (tertiary/aromatic N) is 2.